The van der Waals surface area contributed by atoms with Crippen molar-refractivity contribution >= 4 is 11.9 Å². The number of ether oxygens (including phenoxy) is 3. The molecule has 29 heavy (non-hydrogen) atoms. The van der Waals surface area contributed by atoms with E-state index in [-0.39, 0.29) is 5.92 Å². The van der Waals surface area contributed by atoms with Gasteiger partial charge in [-0.2, -0.15) is 0 Å². The number of hydrogen-bond donors (Lipinski definition) is 7. The first-order valence-corrected chi connectivity index (χ1v) is 9.29. The van der Waals surface area contributed by atoms with Gasteiger partial charge in [0.1, 0.15) is 36.6 Å². The first kappa shape index (κ1) is 23.9. The summed E-state index contributed by atoms with van der Waals surface area (Å²) in [6.45, 7) is 4.25. The van der Waals surface area contributed by atoms with E-state index in [2.05, 4.69) is 5.32 Å². The van der Waals surface area contributed by atoms with Gasteiger partial charge in [-0.05, 0) is 5.92 Å². The van der Waals surface area contributed by atoms with Gasteiger partial charge >= 0.3 is 5.97 Å². The number of carbonyl (C=O) groups excluding carboxylic acids is 1. The highest BCUT2D eigenvalue weighted by Gasteiger charge is 2.52. The molecular weight excluding hydrogens is 394 g/mol. The van der Waals surface area contributed by atoms with Gasteiger partial charge in [-0.1, -0.05) is 13.8 Å². The summed E-state index contributed by atoms with van der Waals surface area (Å²) in [5, 5.41) is 61.8. The Hall–Kier alpha value is -1.38. The number of aliphatic carboxylic acids is 1. The summed E-state index contributed by atoms with van der Waals surface area (Å²) < 4.78 is 16.4. The fraction of sp³-hybridized carbons (Fsp3) is 0.882. The van der Waals surface area contributed by atoms with Crippen molar-refractivity contribution in [3.8, 4) is 0 Å². The summed E-state index contributed by atoms with van der Waals surface area (Å²) >= 11 is 0. The number of nitrogens with one attached hydrogen (secondary N) is 1. The van der Waals surface area contributed by atoms with Crippen molar-refractivity contribution in [2.45, 2.75) is 81.9 Å². The zero-order valence-electron chi connectivity index (χ0n) is 16.3. The van der Waals surface area contributed by atoms with Crippen molar-refractivity contribution in [3.05, 3.63) is 0 Å². The Kier molecular flexibility index (Phi) is 7.93. The van der Waals surface area contributed by atoms with Crippen LogP contribution in [0.1, 0.15) is 20.8 Å². The standard InChI is InChI=1S/C17H29NO11/c1-5(2)13-8(18-6(3)20)14(9(21)7(4-19)27-13)28-17-12(24)10(22)11(23)15(29-17)16(25)26/h5,7-15,17,19,21-24H,4H2,1-3H3,(H,18,20)(H,25,26). The lowest BCUT2D eigenvalue weighted by Crippen LogP contribution is -2.68. The van der Waals surface area contributed by atoms with Gasteiger partial charge in [0.15, 0.2) is 12.4 Å². The summed E-state index contributed by atoms with van der Waals surface area (Å²) in [5.74, 6) is -2.23. The molecule has 10 unspecified atom stereocenters. The molecule has 0 bridgehead atoms. The number of carbonyl (C=O) groups is 2. The third-order valence-electron chi connectivity index (χ3n) is 5.07. The van der Waals surface area contributed by atoms with Gasteiger partial charge in [0, 0.05) is 6.92 Å². The normalized spacial score (nSPS) is 43.2. The monoisotopic (exact) mass is 423 g/mol. The van der Waals surface area contributed by atoms with Crippen molar-refractivity contribution in [1.29, 1.82) is 0 Å². The lowest BCUT2D eigenvalue weighted by atomic mass is 9.87. The number of aliphatic hydroxyl groups is 5. The van der Waals surface area contributed by atoms with Gasteiger partial charge in [0.25, 0.3) is 0 Å². The minimum Gasteiger partial charge on any atom is -0.479 e. The second kappa shape index (κ2) is 9.62. The molecule has 2 fully saturated rings. The van der Waals surface area contributed by atoms with Crippen LogP contribution in [-0.2, 0) is 23.8 Å². The SMILES string of the molecule is CC(=O)NC1C(C(C)C)OC(CO)C(O)C1OC1OC(C(=O)O)C(O)C(O)C1O. The lowest BCUT2D eigenvalue weighted by molar-refractivity contribution is -0.327. The Morgan fingerprint density at radius 3 is 2.14 bits per heavy atom. The molecule has 0 aliphatic carbocycles. The topological polar surface area (TPSA) is 195 Å². The zero-order chi connectivity index (χ0) is 22.0. The van der Waals surface area contributed by atoms with E-state index in [1.165, 1.54) is 6.92 Å². The number of amides is 1. The summed E-state index contributed by atoms with van der Waals surface area (Å²) in [5.41, 5.74) is 0. The highest BCUT2D eigenvalue weighted by Crippen LogP contribution is 2.31. The molecule has 168 valence electrons. The number of carboxylic acid groups (broad SMARTS) is 1. The molecule has 2 heterocycles. The van der Waals surface area contributed by atoms with Crippen LogP contribution in [-0.4, -0.2) is 110 Å². The molecule has 0 aromatic carbocycles. The largest absolute Gasteiger partial charge is 0.479 e. The van der Waals surface area contributed by atoms with Crippen LogP contribution in [0.4, 0.5) is 0 Å². The van der Waals surface area contributed by atoms with Gasteiger partial charge in [-0.25, -0.2) is 4.79 Å². The fourth-order valence-electron chi connectivity index (χ4n) is 3.58. The van der Waals surface area contributed by atoms with Crippen LogP contribution in [0.5, 0.6) is 0 Å². The number of carboxylic acids is 1. The molecule has 0 radical (unpaired) electrons. The molecule has 12 heteroatoms. The van der Waals surface area contributed by atoms with Crippen LogP contribution in [0, 0.1) is 5.92 Å². The minimum absolute atomic E-state index is 0.184. The van der Waals surface area contributed by atoms with Crippen molar-refractivity contribution in [3.63, 3.8) is 0 Å². The highest BCUT2D eigenvalue weighted by molar-refractivity contribution is 5.73. The van der Waals surface area contributed by atoms with Crippen molar-refractivity contribution in [1.82, 2.24) is 5.32 Å². The number of hydrogen-bond acceptors (Lipinski definition) is 10. The molecule has 0 saturated carbocycles. The Morgan fingerprint density at radius 2 is 1.66 bits per heavy atom. The smallest absolute Gasteiger partial charge is 0.335 e. The van der Waals surface area contributed by atoms with Gasteiger partial charge in [-0.3, -0.25) is 4.79 Å². The molecule has 0 aromatic heterocycles. The molecule has 2 saturated heterocycles. The molecule has 2 rings (SSSR count). The third kappa shape index (κ3) is 5.03. The molecule has 12 nitrogen and oxygen atoms in total. The Morgan fingerprint density at radius 1 is 1.03 bits per heavy atom. The summed E-state index contributed by atoms with van der Waals surface area (Å²) in [7, 11) is 0. The maximum Gasteiger partial charge on any atom is 0.335 e. The minimum atomic E-state index is -1.90. The molecule has 0 aromatic rings. The van der Waals surface area contributed by atoms with Crippen LogP contribution in [0.25, 0.3) is 0 Å². The van der Waals surface area contributed by atoms with Crippen LogP contribution in [0.2, 0.25) is 0 Å². The third-order valence-corrected chi connectivity index (χ3v) is 5.07. The van der Waals surface area contributed by atoms with Gasteiger partial charge < -0.3 is 50.2 Å². The fourth-order valence-corrected chi connectivity index (χ4v) is 3.58. The predicted octanol–water partition coefficient (Wildman–Crippen LogP) is -3.45. The summed E-state index contributed by atoms with van der Waals surface area (Å²) in [6.07, 6.45) is -13.8. The number of rotatable bonds is 6. The average Bonchev–Trinajstić information content (AvgIpc) is 2.63. The maximum atomic E-state index is 11.7. The van der Waals surface area contributed by atoms with E-state index in [0.717, 1.165) is 0 Å². The van der Waals surface area contributed by atoms with E-state index in [9.17, 15) is 35.1 Å². The molecule has 1 amide bonds. The van der Waals surface area contributed by atoms with Crippen LogP contribution in [0.15, 0.2) is 0 Å². The predicted molar refractivity (Wildman–Crippen MR) is 93.4 cm³/mol. The summed E-state index contributed by atoms with van der Waals surface area (Å²) in [6, 6.07) is -0.937. The van der Waals surface area contributed by atoms with Gasteiger partial charge in [0.2, 0.25) is 5.91 Å². The molecule has 10 atom stereocenters. The van der Waals surface area contributed by atoms with Crippen molar-refractivity contribution in [2.24, 2.45) is 5.92 Å². The second-order valence-corrected chi connectivity index (χ2v) is 7.62. The van der Waals surface area contributed by atoms with E-state index in [1.807, 2.05) is 0 Å². The molecule has 0 spiro atoms. The van der Waals surface area contributed by atoms with Crippen LogP contribution in [0.3, 0.4) is 0 Å². The maximum absolute atomic E-state index is 11.7. The van der Waals surface area contributed by atoms with E-state index in [4.69, 9.17) is 19.3 Å². The molecule has 2 aliphatic heterocycles. The van der Waals surface area contributed by atoms with E-state index < -0.39 is 79.6 Å². The van der Waals surface area contributed by atoms with Crippen LogP contribution >= 0.6 is 0 Å². The molecular formula is C17H29NO11. The Balaban J connectivity index is 2.33. The van der Waals surface area contributed by atoms with E-state index in [0.29, 0.717) is 0 Å². The second-order valence-electron chi connectivity index (χ2n) is 7.62. The average molecular weight is 423 g/mol. The molecule has 7 N–H and O–H groups in total. The Bertz CT molecular complexity index is 588. The molecule has 2 aliphatic rings. The highest BCUT2D eigenvalue weighted by atomic mass is 16.7. The Labute approximate surface area is 167 Å². The van der Waals surface area contributed by atoms with Gasteiger partial charge in [0.05, 0.1) is 18.8 Å². The first-order chi connectivity index (χ1) is 13.5. The zero-order valence-corrected chi connectivity index (χ0v) is 16.3. The van der Waals surface area contributed by atoms with E-state index >= 15 is 0 Å². The van der Waals surface area contributed by atoms with Crippen molar-refractivity contribution in [2.75, 3.05) is 6.61 Å². The first-order valence-electron chi connectivity index (χ1n) is 9.29. The lowest BCUT2D eigenvalue weighted by Gasteiger charge is -2.48. The number of aliphatic hydroxyl groups excluding tert-OH is 5. The van der Waals surface area contributed by atoms with E-state index in [1.54, 1.807) is 13.8 Å². The quantitative estimate of drug-likeness (QED) is 0.224. The van der Waals surface area contributed by atoms with Crippen molar-refractivity contribution < 1.29 is 54.4 Å². The van der Waals surface area contributed by atoms with Crippen LogP contribution < -0.4 is 5.32 Å². The summed E-state index contributed by atoms with van der Waals surface area (Å²) in [4.78, 5) is 23.0. The van der Waals surface area contributed by atoms with Gasteiger partial charge in [-0.15, -0.1) is 0 Å².